The largest absolute Gasteiger partial charge is 0.488 e. The zero-order valence-corrected chi connectivity index (χ0v) is 13.4. The van der Waals surface area contributed by atoms with E-state index in [2.05, 4.69) is 12.0 Å². The molecule has 3 N–H and O–H groups in total. The molecule has 1 heterocycles. The van der Waals surface area contributed by atoms with Crippen molar-refractivity contribution in [3.8, 4) is 5.75 Å². The summed E-state index contributed by atoms with van der Waals surface area (Å²) >= 11 is 0. The molecule has 1 unspecified atom stereocenters. The zero-order valence-electron chi connectivity index (χ0n) is 13.4. The number of rotatable bonds is 5. The first-order valence-corrected chi connectivity index (χ1v) is 7.69. The third kappa shape index (κ3) is 4.32. The maximum Gasteiger partial charge on any atom is 0.257 e. The highest BCUT2D eigenvalue weighted by Crippen LogP contribution is 2.24. The van der Waals surface area contributed by atoms with Crippen LogP contribution in [-0.4, -0.2) is 36.4 Å². The second-order valence-corrected chi connectivity index (χ2v) is 5.84. The van der Waals surface area contributed by atoms with Gasteiger partial charge in [0.15, 0.2) is 0 Å². The van der Waals surface area contributed by atoms with Gasteiger partial charge in [0.25, 0.3) is 5.91 Å². The van der Waals surface area contributed by atoms with Gasteiger partial charge in [-0.2, -0.15) is 0 Å². The van der Waals surface area contributed by atoms with Crippen molar-refractivity contribution < 1.29 is 14.3 Å². The first-order chi connectivity index (χ1) is 11.0. The lowest BCUT2D eigenvalue weighted by atomic mass is 9.96. The van der Waals surface area contributed by atoms with Crippen molar-refractivity contribution in [1.82, 2.24) is 10.3 Å². The van der Waals surface area contributed by atoms with Crippen molar-refractivity contribution in [2.75, 3.05) is 19.7 Å². The molecule has 6 nitrogen and oxygen atoms in total. The Morgan fingerprint density at radius 2 is 2.17 bits per heavy atom. The average molecular weight is 317 g/mol. The predicted octanol–water partition coefficient (Wildman–Crippen LogP) is 1.48. The second-order valence-electron chi connectivity index (χ2n) is 5.84. The van der Waals surface area contributed by atoms with Crippen LogP contribution in [0.4, 0.5) is 0 Å². The molecule has 124 valence electrons. The number of amides is 2. The van der Waals surface area contributed by atoms with Gasteiger partial charge >= 0.3 is 0 Å². The number of hydrogen-bond acceptors (Lipinski definition) is 4. The summed E-state index contributed by atoms with van der Waals surface area (Å²) in [6, 6.07) is 7.13. The van der Waals surface area contributed by atoms with Crippen molar-refractivity contribution in [3.63, 3.8) is 0 Å². The Bertz CT molecular complexity index is 601. The molecule has 0 spiro atoms. The van der Waals surface area contributed by atoms with E-state index in [1.807, 2.05) is 13.0 Å². The topological polar surface area (TPSA) is 84.7 Å². The van der Waals surface area contributed by atoms with E-state index in [9.17, 15) is 9.59 Å². The normalized spacial score (nSPS) is 17.5. The first kappa shape index (κ1) is 17.0. The van der Waals surface area contributed by atoms with Crippen LogP contribution < -0.4 is 16.0 Å². The van der Waals surface area contributed by atoms with E-state index in [0.29, 0.717) is 31.0 Å². The second kappa shape index (κ2) is 7.78. The van der Waals surface area contributed by atoms with Crippen LogP contribution >= 0.6 is 0 Å². The zero-order chi connectivity index (χ0) is 16.8. The molecule has 1 atom stereocenters. The Morgan fingerprint density at radius 3 is 2.87 bits per heavy atom. The number of piperidine rings is 1. The van der Waals surface area contributed by atoms with Crippen LogP contribution in [0.25, 0.3) is 0 Å². The average Bonchev–Trinajstić information content (AvgIpc) is 2.59. The van der Waals surface area contributed by atoms with E-state index in [1.165, 1.54) is 0 Å². The Balaban J connectivity index is 2.13. The molecule has 6 heteroatoms. The number of para-hydroxylation sites is 1. The minimum Gasteiger partial charge on any atom is -0.488 e. The number of carbonyl (C=O) groups is 2. The summed E-state index contributed by atoms with van der Waals surface area (Å²) in [6.07, 6.45) is 1.51. The summed E-state index contributed by atoms with van der Waals surface area (Å²) in [7, 11) is 0. The van der Waals surface area contributed by atoms with Crippen molar-refractivity contribution >= 4 is 11.8 Å². The Morgan fingerprint density at radius 1 is 1.43 bits per heavy atom. The molecule has 1 aliphatic rings. The van der Waals surface area contributed by atoms with Crippen molar-refractivity contribution in [2.24, 2.45) is 11.8 Å². The van der Waals surface area contributed by atoms with Crippen LogP contribution in [0.3, 0.4) is 0 Å². The Kier molecular flexibility index (Phi) is 5.76. The van der Waals surface area contributed by atoms with Crippen LogP contribution in [0.5, 0.6) is 5.75 Å². The van der Waals surface area contributed by atoms with Crippen LogP contribution in [-0.2, 0) is 4.79 Å². The number of likely N-dealkylation sites (tertiary alicyclic amines) is 1. The molecular weight excluding hydrogens is 294 g/mol. The maximum absolute atomic E-state index is 12.8. The van der Waals surface area contributed by atoms with Crippen LogP contribution in [0.15, 0.2) is 36.4 Å². The van der Waals surface area contributed by atoms with Gasteiger partial charge in [-0.25, -0.2) is 5.84 Å². The van der Waals surface area contributed by atoms with Crippen LogP contribution in [0.1, 0.15) is 30.1 Å². The molecule has 2 rings (SSSR count). The molecule has 1 aromatic carbocycles. The van der Waals surface area contributed by atoms with Crippen molar-refractivity contribution in [2.45, 2.75) is 19.8 Å². The molecule has 0 saturated carbocycles. The fourth-order valence-corrected chi connectivity index (χ4v) is 2.63. The molecule has 1 fully saturated rings. The van der Waals surface area contributed by atoms with E-state index in [-0.39, 0.29) is 17.7 Å². The molecule has 1 aromatic rings. The lowest BCUT2D eigenvalue weighted by Gasteiger charge is -2.32. The van der Waals surface area contributed by atoms with Gasteiger partial charge in [0.05, 0.1) is 11.5 Å². The van der Waals surface area contributed by atoms with Gasteiger partial charge in [0, 0.05) is 13.1 Å². The van der Waals surface area contributed by atoms with E-state index in [4.69, 9.17) is 10.6 Å². The number of hydrogen-bond donors (Lipinski definition) is 2. The number of benzene rings is 1. The highest BCUT2D eigenvalue weighted by Gasteiger charge is 2.29. The molecule has 1 aliphatic heterocycles. The standard InChI is InChI=1S/C17H23N3O3/c1-12(2)11-23-15-8-4-3-7-14(15)17(22)20-9-5-6-13(10-20)16(21)19-18/h3-4,7-8,13H,1,5-6,9-11,18H2,2H3,(H,19,21). The lowest BCUT2D eigenvalue weighted by Crippen LogP contribution is -2.47. The quantitative estimate of drug-likeness (QED) is 0.373. The van der Waals surface area contributed by atoms with E-state index >= 15 is 0 Å². The number of nitrogens with zero attached hydrogens (tertiary/aromatic N) is 1. The van der Waals surface area contributed by atoms with Gasteiger partial charge in [0.2, 0.25) is 5.91 Å². The number of nitrogens with one attached hydrogen (secondary N) is 1. The summed E-state index contributed by atoms with van der Waals surface area (Å²) in [5.74, 6) is 5.11. The van der Waals surface area contributed by atoms with Gasteiger partial charge in [-0.1, -0.05) is 18.7 Å². The van der Waals surface area contributed by atoms with Gasteiger partial charge in [-0.05, 0) is 37.5 Å². The molecule has 0 radical (unpaired) electrons. The third-order valence-corrected chi connectivity index (χ3v) is 3.81. The van der Waals surface area contributed by atoms with Crippen molar-refractivity contribution in [1.29, 1.82) is 0 Å². The molecule has 2 amide bonds. The molecule has 0 aliphatic carbocycles. The minimum atomic E-state index is -0.263. The highest BCUT2D eigenvalue weighted by atomic mass is 16.5. The highest BCUT2D eigenvalue weighted by molar-refractivity contribution is 5.97. The number of ether oxygens (including phenoxy) is 1. The number of carbonyl (C=O) groups excluding carboxylic acids is 2. The maximum atomic E-state index is 12.8. The van der Waals surface area contributed by atoms with Crippen LogP contribution in [0, 0.1) is 5.92 Å². The van der Waals surface area contributed by atoms with Crippen molar-refractivity contribution in [3.05, 3.63) is 42.0 Å². The van der Waals surface area contributed by atoms with E-state index in [0.717, 1.165) is 18.4 Å². The van der Waals surface area contributed by atoms with Gasteiger partial charge in [-0.3, -0.25) is 15.0 Å². The molecule has 0 aromatic heterocycles. The van der Waals surface area contributed by atoms with Gasteiger partial charge in [0.1, 0.15) is 12.4 Å². The monoisotopic (exact) mass is 317 g/mol. The van der Waals surface area contributed by atoms with Gasteiger partial charge < -0.3 is 9.64 Å². The summed E-state index contributed by atoms with van der Waals surface area (Å²) in [5, 5.41) is 0. The summed E-state index contributed by atoms with van der Waals surface area (Å²) in [5.41, 5.74) is 3.55. The summed E-state index contributed by atoms with van der Waals surface area (Å²) < 4.78 is 5.66. The minimum absolute atomic E-state index is 0.128. The third-order valence-electron chi connectivity index (χ3n) is 3.81. The molecular formula is C17H23N3O3. The number of nitrogens with two attached hydrogens (primary N) is 1. The molecule has 1 saturated heterocycles. The number of hydrazine groups is 1. The molecule has 23 heavy (non-hydrogen) atoms. The lowest BCUT2D eigenvalue weighted by molar-refractivity contribution is -0.126. The Labute approximate surface area is 136 Å². The van der Waals surface area contributed by atoms with E-state index < -0.39 is 0 Å². The smallest absolute Gasteiger partial charge is 0.257 e. The fraction of sp³-hybridized carbons (Fsp3) is 0.412. The predicted molar refractivity (Wildman–Crippen MR) is 87.7 cm³/mol. The Hall–Kier alpha value is -2.34. The van der Waals surface area contributed by atoms with Crippen LogP contribution in [0.2, 0.25) is 0 Å². The first-order valence-electron chi connectivity index (χ1n) is 7.69. The summed E-state index contributed by atoms with van der Waals surface area (Å²) in [4.78, 5) is 26.2. The SMILES string of the molecule is C=C(C)COc1ccccc1C(=O)N1CCCC(C(=O)NN)C1. The molecule has 0 bridgehead atoms. The fourth-order valence-electron chi connectivity index (χ4n) is 2.63. The summed E-state index contributed by atoms with van der Waals surface area (Å²) in [6.45, 7) is 7.03. The van der Waals surface area contributed by atoms with Gasteiger partial charge in [-0.15, -0.1) is 0 Å². The van der Waals surface area contributed by atoms with E-state index in [1.54, 1.807) is 23.1 Å².